The fourth-order valence-corrected chi connectivity index (χ4v) is 3.84. The topological polar surface area (TPSA) is 132 Å². The number of pyridine rings is 1. The van der Waals surface area contributed by atoms with Crippen molar-refractivity contribution in [2.45, 2.75) is 25.3 Å². The van der Waals surface area contributed by atoms with Gasteiger partial charge in [0.15, 0.2) is 0 Å². The van der Waals surface area contributed by atoms with Crippen LogP contribution in [-0.4, -0.2) is 37.8 Å². The summed E-state index contributed by atoms with van der Waals surface area (Å²) in [5.74, 6) is -1.75. The highest BCUT2D eigenvalue weighted by molar-refractivity contribution is 7.90. The first-order chi connectivity index (χ1) is 16.7. The number of carbonyl (C=O) groups is 3. The molecule has 2 aromatic carbocycles. The number of esters is 1. The maximum absolute atomic E-state index is 12.6. The molecule has 0 saturated heterocycles. The third-order valence-corrected chi connectivity index (χ3v) is 6.08. The Hall–Kier alpha value is -4.05. The summed E-state index contributed by atoms with van der Waals surface area (Å²) in [5.41, 5.74) is 1.16. The first-order valence-corrected chi connectivity index (χ1v) is 12.3. The molecule has 0 fully saturated rings. The fraction of sp³-hybridized carbons (Fsp3) is 0.200. The SMILES string of the molecule is CC(C)COC(=O)c1ccc(C(=O)NS(=O)(=O)c2ccc(C(=O)NCc3ccccc3)cc2)cn1. The third kappa shape index (κ3) is 7.21. The van der Waals surface area contributed by atoms with Gasteiger partial charge in [-0.05, 0) is 47.9 Å². The molecular formula is C25H25N3O6S. The molecule has 9 nitrogen and oxygen atoms in total. The van der Waals surface area contributed by atoms with Crippen molar-refractivity contribution in [1.29, 1.82) is 0 Å². The van der Waals surface area contributed by atoms with Gasteiger partial charge in [-0.1, -0.05) is 44.2 Å². The predicted octanol–water partition coefficient (Wildman–Crippen LogP) is 2.94. The van der Waals surface area contributed by atoms with Crippen molar-refractivity contribution < 1.29 is 27.5 Å². The van der Waals surface area contributed by atoms with E-state index in [-0.39, 0.29) is 40.1 Å². The summed E-state index contributed by atoms with van der Waals surface area (Å²) in [6.45, 7) is 4.35. The zero-order valence-corrected chi connectivity index (χ0v) is 20.0. The molecule has 182 valence electrons. The molecule has 0 atom stereocenters. The number of ether oxygens (including phenoxy) is 1. The van der Waals surface area contributed by atoms with E-state index >= 15 is 0 Å². The van der Waals surface area contributed by atoms with Crippen LogP contribution in [0.4, 0.5) is 0 Å². The second-order valence-corrected chi connectivity index (χ2v) is 9.73. The lowest BCUT2D eigenvalue weighted by Gasteiger charge is -2.09. The van der Waals surface area contributed by atoms with E-state index in [0.29, 0.717) is 6.54 Å². The van der Waals surface area contributed by atoms with Crippen molar-refractivity contribution >= 4 is 27.8 Å². The van der Waals surface area contributed by atoms with Crippen LogP contribution in [0.5, 0.6) is 0 Å². The summed E-state index contributed by atoms with van der Waals surface area (Å²) in [4.78, 5) is 40.3. The molecule has 1 heterocycles. The highest BCUT2D eigenvalue weighted by Gasteiger charge is 2.20. The first kappa shape index (κ1) is 25.6. The van der Waals surface area contributed by atoms with Crippen molar-refractivity contribution in [3.8, 4) is 0 Å². The van der Waals surface area contributed by atoms with E-state index in [4.69, 9.17) is 4.74 Å². The molecule has 0 aliphatic rings. The van der Waals surface area contributed by atoms with Gasteiger partial charge in [0, 0.05) is 18.3 Å². The van der Waals surface area contributed by atoms with Crippen molar-refractivity contribution in [3.05, 3.63) is 95.3 Å². The van der Waals surface area contributed by atoms with Gasteiger partial charge < -0.3 is 10.1 Å². The van der Waals surface area contributed by atoms with Crippen LogP contribution in [0.2, 0.25) is 0 Å². The molecule has 0 unspecified atom stereocenters. The minimum Gasteiger partial charge on any atom is -0.461 e. The smallest absolute Gasteiger partial charge is 0.356 e. The highest BCUT2D eigenvalue weighted by Crippen LogP contribution is 2.12. The van der Waals surface area contributed by atoms with Gasteiger partial charge in [0.25, 0.3) is 21.8 Å². The second-order valence-electron chi connectivity index (χ2n) is 8.05. The van der Waals surface area contributed by atoms with Gasteiger partial charge in [-0.15, -0.1) is 0 Å². The summed E-state index contributed by atoms with van der Waals surface area (Å²) in [7, 11) is -4.20. The Morgan fingerprint density at radius 3 is 2.14 bits per heavy atom. The van der Waals surface area contributed by atoms with Crippen LogP contribution in [0.1, 0.15) is 50.6 Å². The van der Waals surface area contributed by atoms with Gasteiger partial charge in [0.05, 0.1) is 17.1 Å². The summed E-state index contributed by atoms with van der Waals surface area (Å²) in [6, 6.07) is 17.1. The quantitative estimate of drug-likeness (QED) is 0.436. The third-order valence-electron chi connectivity index (χ3n) is 4.73. The minimum absolute atomic E-state index is 0.00573. The Kier molecular flexibility index (Phi) is 8.32. The van der Waals surface area contributed by atoms with E-state index in [2.05, 4.69) is 10.3 Å². The van der Waals surface area contributed by atoms with Crippen LogP contribution in [0.3, 0.4) is 0 Å². The highest BCUT2D eigenvalue weighted by atomic mass is 32.2. The average Bonchev–Trinajstić information content (AvgIpc) is 2.86. The van der Waals surface area contributed by atoms with Crippen LogP contribution in [0.25, 0.3) is 0 Å². The molecule has 1 aromatic heterocycles. The maximum Gasteiger partial charge on any atom is 0.356 e. The number of rotatable bonds is 9. The van der Waals surface area contributed by atoms with Gasteiger partial charge in [-0.2, -0.15) is 0 Å². The molecular weight excluding hydrogens is 470 g/mol. The van der Waals surface area contributed by atoms with Gasteiger partial charge in [-0.3, -0.25) is 9.59 Å². The molecule has 0 spiro atoms. The Morgan fingerprint density at radius 1 is 0.886 bits per heavy atom. The molecule has 3 rings (SSSR count). The average molecular weight is 496 g/mol. The van der Waals surface area contributed by atoms with E-state index in [1.165, 1.54) is 36.4 Å². The number of carbonyl (C=O) groups excluding carboxylic acids is 3. The molecule has 3 aromatic rings. The van der Waals surface area contributed by atoms with Crippen molar-refractivity contribution in [2.24, 2.45) is 5.92 Å². The molecule has 0 saturated carbocycles. The molecule has 0 aliphatic carbocycles. The van der Waals surface area contributed by atoms with Crippen LogP contribution in [-0.2, 0) is 21.3 Å². The Morgan fingerprint density at radius 2 is 1.54 bits per heavy atom. The summed E-state index contributed by atoms with van der Waals surface area (Å²) in [5, 5.41) is 2.75. The van der Waals surface area contributed by atoms with Gasteiger partial charge in [-0.25, -0.2) is 22.9 Å². The maximum atomic E-state index is 12.6. The van der Waals surface area contributed by atoms with Gasteiger partial charge >= 0.3 is 5.97 Å². The summed E-state index contributed by atoms with van der Waals surface area (Å²) >= 11 is 0. The lowest BCUT2D eigenvalue weighted by molar-refractivity contribution is 0.0451. The number of amides is 2. The molecule has 2 amide bonds. The standard InChI is InChI=1S/C25H25N3O6S/c1-17(2)16-34-25(31)22-13-10-20(15-26-22)24(30)28-35(32,33)21-11-8-19(9-12-21)23(29)27-14-18-6-4-3-5-7-18/h3-13,15,17H,14,16H2,1-2H3,(H,27,29)(H,28,30). The summed E-state index contributed by atoms with van der Waals surface area (Å²) in [6.07, 6.45) is 1.09. The van der Waals surface area contributed by atoms with E-state index in [0.717, 1.165) is 11.8 Å². The number of nitrogens with zero attached hydrogens (tertiary/aromatic N) is 1. The lowest BCUT2D eigenvalue weighted by Crippen LogP contribution is -2.31. The van der Waals surface area contributed by atoms with Crippen molar-refractivity contribution in [1.82, 2.24) is 15.0 Å². The Balaban J connectivity index is 1.60. The van der Waals surface area contributed by atoms with E-state index < -0.39 is 21.9 Å². The Labute approximate surface area is 203 Å². The number of sulfonamides is 1. The van der Waals surface area contributed by atoms with E-state index in [1.807, 2.05) is 48.9 Å². The predicted molar refractivity (Wildman–Crippen MR) is 128 cm³/mol. The first-order valence-electron chi connectivity index (χ1n) is 10.8. The number of aromatic nitrogens is 1. The second kappa shape index (κ2) is 11.4. The van der Waals surface area contributed by atoms with Crippen LogP contribution >= 0.6 is 0 Å². The van der Waals surface area contributed by atoms with Gasteiger partial charge in [0.2, 0.25) is 0 Å². The lowest BCUT2D eigenvalue weighted by atomic mass is 10.2. The molecule has 0 aliphatic heterocycles. The zero-order chi connectivity index (χ0) is 25.4. The summed E-state index contributed by atoms with van der Waals surface area (Å²) < 4.78 is 32.2. The normalized spacial score (nSPS) is 11.1. The van der Waals surface area contributed by atoms with Gasteiger partial charge in [0.1, 0.15) is 5.69 Å². The molecule has 35 heavy (non-hydrogen) atoms. The zero-order valence-electron chi connectivity index (χ0n) is 19.2. The number of nitrogens with one attached hydrogen (secondary N) is 2. The molecule has 2 N–H and O–H groups in total. The Bertz CT molecular complexity index is 1290. The van der Waals surface area contributed by atoms with Crippen molar-refractivity contribution in [2.75, 3.05) is 6.61 Å². The number of benzene rings is 2. The van der Waals surface area contributed by atoms with Crippen LogP contribution in [0, 0.1) is 5.92 Å². The van der Waals surface area contributed by atoms with E-state index in [9.17, 15) is 22.8 Å². The monoisotopic (exact) mass is 495 g/mol. The molecule has 10 heteroatoms. The fourth-order valence-electron chi connectivity index (χ4n) is 2.87. The van der Waals surface area contributed by atoms with Crippen LogP contribution in [0.15, 0.2) is 77.8 Å². The molecule has 0 bridgehead atoms. The minimum atomic E-state index is -4.20. The number of hydrogen-bond donors (Lipinski definition) is 2. The largest absolute Gasteiger partial charge is 0.461 e. The van der Waals surface area contributed by atoms with Crippen molar-refractivity contribution in [3.63, 3.8) is 0 Å². The van der Waals surface area contributed by atoms with Crippen LogP contribution < -0.4 is 10.0 Å². The van der Waals surface area contributed by atoms with E-state index in [1.54, 1.807) is 0 Å². The molecule has 0 radical (unpaired) electrons. The number of hydrogen-bond acceptors (Lipinski definition) is 7.